The highest BCUT2D eigenvalue weighted by Crippen LogP contribution is 2.33. The van der Waals surface area contributed by atoms with Crippen LogP contribution in [0.3, 0.4) is 0 Å². The molecule has 1 atom stereocenters. The summed E-state index contributed by atoms with van der Waals surface area (Å²) in [5.41, 5.74) is 0.444. The first-order chi connectivity index (χ1) is 8.91. The summed E-state index contributed by atoms with van der Waals surface area (Å²) < 4.78 is 40.1. The molecule has 1 aromatic carbocycles. The molecule has 0 amide bonds. The summed E-state index contributed by atoms with van der Waals surface area (Å²) >= 11 is 0. The molecule has 0 aliphatic carbocycles. The highest BCUT2D eigenvalue weighted by molar-refractivity contribution is 7.92. The van der Waals surface area contributed by atoms with Crippen LogP contribution in [0.5, 0.6) is 11.5 Å². The molecule has 0 radical (unpaired) electrons. The van der Waals surface area contributed by atoms with E-state index < -0.39 is 10.0 Å². The molecule has 6 nitrogen and oxygen atoms in total. The average Bonchev–Trinajstić information content (AvgIpc) is 3.18. The van der Waals surface area contributed by atoms with Crippen LogP contribution < -0.4 is 13.8 Å². The molecule has 0 aromatic heterocycles. The second kappa shape index (κ2) is 5.26. The smallest absolute Gasteiger partial charge is 0.232 e. The van der Waals surface area contributed by atoms with Gasteiger partial charge < -0.3 is 14.2 Å². The summed E-state index contributed by atoms with van der Waals surface area (Å²) in [5, 5.41) is 0. The second-order valence-electron chi connectivity index (χ2n) is 4.33. The highest BCUT2D eigenvalue weighted by Gasteiger charge is 2.23. The zero-order valence-electron chi connectivity index (χ0n) is 11.1. The largest absolute Gasteiger partial charge is 0.495 e. The van der Waals surface area contributed by atoms with Crippen molar-refractivity contribution in [1.29, 1.82) is 0 Å². The molecule has 1 heterocycles. The molecule has 1 aliphatic heterocycles. The molecule has 0 saturated carbocycles. The standard InChI is InChI=1S/C12H17NO5S/c1-13(19(3,14)15)11-6-9(4-5-12(11)16-2)17-7-10-8-18-10/h4-6,10H,7-8H2,1-3H3. The van der Waals surface area contributed by atoms with Crippen LogP contribution in [0.4, 0.5) is 5.69 Å². The van der Waals surface area contributed by atoms with Crippen LogP contribution in [0.2, 0.25) is 0 Å². The summed E-state index contributed by atoms with van der Waals surface area (Å²) in [4.78, 5) is 0. The lowest BCUT2D eigenvalue weighted by Gasteiger charge is -2.20. The Morgan fingerprint density at radius 2 is 2.16 bits per heavy atom. The maximum absolute atomic E-state index is 11.6. The van der Waals surface area contributed by atoms with Crippen LogP contribution in [-0.4, -0.2) is 48.1 Å². The van der Waals surface area contributed by atoms with Crippen LogP contribution in [0.25, 0.3) is 0 Å². The third-order valence-corrected chi connectivity index (χ3v) is 4.02. The topological polar surface area (TPSA) is 68.4 Å². The maximum Gasteiger partial charge on any atom is 0.232 e. The summed E-state index contributed by atoms with van der Waals surface area (Å²) in [6.07, 6.45) is 1.29. The molecule has 0 N–H and O–H groups in total. The molecular formula is C12H17NO5S. The maximum atomic E-state index is 11.6. The fourth-order valence-corrected chi connectivity index (χ4v) is 2.04. The molecule has 106 valence electrons. The molecular weight excluding hydrogens is 270 g/mol. The SMILES string of the molecule is COc1ccc(OCC2CO2)cc1N(C)S(C)(=O)=O. The van der Waals surface area contributed by atoms with Crippen molar-refractivity contribution in [3.8, 4) is 11.5 Å². The Morgan fingerprint density at radius 1 is 1.47 bits per heavy atom. The van der Waals surface area contributed by atoms with Crippen molar-refractivity contribution in [3.05, 3.63) is 18.2 Å². The van der Waals surface area contributed by atoms with Crippen molar-refractivity contribution in [3.63, 3.8) is 0 Å². The number of epoxide rings is 1. The summed E-state index contributed by atoms with van der Waals surface area (Å²) in [6.45, 7) is 1.18. The molecule has 19 heavy (non-hydrogen) atoms. The van der Waals surface area contributed by atoms with E-state index in [0.717, 1.165) is 10.6 Å². The Bertz CT molecular complexity index is 553. The van der Waals surface area contributed by atoms with Crippen molar-refractivity contribution < 1.29 is 22.6 Å². The minimum atomic E-state index is -3.35. The van der Waals surface area contributed by atoms with E-state index in [0.29, 0.717) is 30.4 Å². The first-order valence-electron chi connectivity index (χ1n) is 5.78. The first kappa shape index (κ1) is 14.0. The third-order valence-electron chi connectivity index (χ3n) is 2.83. The van der Waals surface area contributed by atoms with E-state index in [4.69, 9.17) is 14.2 Å². The number of sulfonamides is 1. The molecule has 1 aliphatic rings. The zero-order valence-corrected chi connectivity index (χ0v) is 11.9. The van der Waals surface area contributed by atoms with E-state index in [1.807, 2.05) is 0 Å². The van der Waals surface area contributed by atoms with Gasteiger partial charge in [0.05, 0.1) is 25.7 Å². The fraction of sp³-hybridized carbons (Fsp3) is 0.500. The van der Waals surface area contributed by atoms with Crippen LogP contribution in [0.15, 0.2) is 18.2 Å². The fourth-order valence-electron chi connectivity index (χ4n) is 1.54. The van der Waals surface area contributed by atoms with Crippen molar-refractivity contribution in [1.82, 2.24) is 0 Å². The molecule has 2 rings (SSSR count). The van der Waals surface area contributed by atoms with Crippen molar-refractivity contribution in [2.75, 3.05) is 37.9 Å². The molecule has 0 bridgehead atoms. The van der Waals surface area contributed by atoms with Crippen LogP contribution in [0, 0.1) is 0 Å². The Labute approximate surface area is 112 Å². The number of benzene rings is 1. The molecule has 1 unspecified atom stereocenters. The predicted octanol–water partition coefficient (Wildman–Crippen LogP) is 0.869. The van der Waals surface area contributed by atoms with E-state index in [2.05, 4.69) is 0 Å². The lowest BCUT2D eigenvalue weighted by atomic mass is 10.2. The van der Waals surface area contributed by atoms with E-state index in [-0.39, 0.29) is 6.10 Å². The van der Waals surface area contributed by atoms with Gasteiger partial charge in [0, 0.05) is 13.1 Å². The summed E-state index contributed by atoms with van der Waals surface area (Å²) in [6, 6.07) is 5.06. The Kier molecular flexibility index (Phi) is 3.86. The minimum Gasteiger partial charge on any atom is -0.495 e. The van der Waals surface area contributed by atoms with Crippen molar-refractivity contribution >= 4 is 15.7 Å². The van der Waals surface area contributed by atoms with Gasteiger partial charge in [-0.1, -0.05) is 0 Å². The number of rotatable bonds is 6. The quantitative estimate of drug-likeness (QED) is 0.726. The highest BCUT2D eigenvalue weighted by atomic mass is 32.2. The van der Waals surface area contributed by atoms with Gasteiger partial charge in [-0.05, 0) is 12.1 Å². The summed E-state index contributed by atoms with van der Waals surface area (Å²) in [7, 11) is -0.384. The Morgan fingerprint density at radius 3 is 2.68 bits per heavy atom. The third kappa shape index (κ3) is 3.51. The van der Waals surface area contributed by atoms with Gasteiger partial charge in [0.1, 0.15) is 24.2 Å². The second-order valence-corrected chi connectivity index (χ2v) is 6.34. The van der Waals surface area contributed by atoms with Crippen molar-refractivity contribution in [2.24, 2.45) is 0 Å². The Balaban J connectivity index is 2.24. The normalized spacial score (nSPS) is 17.9. The lowest BCUT2D eigenvalue weighted by molar-refractivity contribution is 0.263. The molecule has 1 fully saturated rings. The van der Waals surface area contributed by atoms with Gasteiger partial charge in [-0.3, -0.25) is 4.31 Å². The Hall–Kier alpha value is -1.47. The first-order valence-corrected chi connectivity index (χ1v) is 7.63. The molecule has 0 spiro atoms. The predicted molar refractivity (Wildman–Crippen MR) is 71.5 cm³/mol. The van der Waals surface area contributed by atoms with Gasteiger partial charge >= 0.3 is 0 Å². The number of ether oxygens (including phenoxy) is 3. The van der Waals surface area contributed by atoms with Crippen molar-refractivity contribution in [2.45, 2.75) is 6.10 Å². The minimum absolute atomic E-state index is 0.151. The number of methoxy groups -OCH3 is 1. The van der Waals surface area contributed by atoms with Gasteiger partial charge in [0.25, 0.3) is 0 Å². The van der Waals surface area contributed by atoms with Gasteiger partial charge in [-0.2, -0.15) is 0 Å². The van der Waals surface area contributed by atoms with E-state index in [1.165, 1.54) is 14.2 Å². The van der Waals surface area contributed by atoms with Gasteiger partial charge in [0.15, 0.2) is 0 Å². The average molecular weight is 287 g/mol. The van der Waals surface area contributed by atoms with Crippen LogP contribution in [-0.2, 0) is 14.8 Å². The van der Waals surface area contributed by atoms with E-state index in [9.17, 15) is 8.42 Å². The zero-order chi connectivity index (χ0) is 14.0. The molecule has 1 aromatic rings. The monoisotopic (exact) mass is 287 g/mol. The van der Waals surface area contributed by atoms with Gasteiger partial charge in [-0.25, -0.2) is 8.42 Å². The number of hydrogen-bond acceptors (Lipinski definition) is 5. The summed E-state index contributed by atoms with van der Waals surface area (Å²) in [5.74, 6) is 1.06. The van der Waals surface area contributed by atoms with Crippen LogP contribution >= 0.6 is 0 Å². The lowest BCUT2D eigenvalue weighted by Crippen LogP contribution is -2.25. The molecule has 1 saturated heterocycles. The van der Waals surface area contributed by atoms with Crippen LogP contribution in [0.1, 0.15) is 0 Å². The van der Waals surface area contributed by atoms with E-state index in [1.54, 1.807) is 18.2 Å². The van der Waals surface area contributed by atoms with Gasteiger partial charge in [0.2, 0.25) is 10.0 Å². The van der Waals surface area contributed by atoms with E-state index >= 15 is 0 Å². The number of anilines is 1. The number of hydrogen-bond donors (Lipinski definition) is 0. The number of nitrogens with zero attached hydrogens (tertiary/aromatic N) is 1. The van der Waals surface area contributed by atoms with Gasteiger partial charge in [-0.15, -0.1) is 0 Å². The molecule has 7 heteroatoms.